The van der Waals surface area contributed by atoms with Crippen molar-refractivity contribution in [1.29, 1.82) is 0 Å². The Balaban J connectivity index is 1.65. The summed E-state index contributed by atoms with van der Waals surface area (Å²) in [6.07, 6.45) is -5.44. The molecule has 0 atom stereocenters. The summed E-state index contributed by atoms with van der Waals surface area (Å²) in [5.41, 5.74) is -1.55. The van der Waals surface area contributed by atoms with E-state index < -0.39 is 87.4 Å². The summed E-state index contributed by atoms with van der Waals surface area (Å²) < 4.78 is 114. The van der Waals surface area contributed by atoms with Gasteiger partial charge in [0.2, 0.25) is 0 Å². The van der Waals surface area contributed by atoms with Crippen LogP contribution >= 0.6 is 0 Å². The molecule has 0 radical (unpaired) electrons. The quantitative estimate of drug-likeness (QED) is 0.299. The number of rotatable bonds is 9. The number of benzene rings is 3. The molecule has 0 aromatic heterocycles. The van der Waals surface area contributed by atoms with Gasteiger partial charge >= 0.3 is 12.4 Å². The van der Waals surface area contributed by atoms with E-state index in [9.17, 15) is 38.8 Å². The van der Waals surface area contributed by atoms with Gasteiger partial charge in [-0.15, -0.1) is 0 Å². The number of halogens is 2. The van der Waals surface area contributed by atoms with Gasteiger partial charge in [-0.25, -0.2) is 30.0 Å². The van der Waals surface area contributed by atoms with Crippen LogP contribution in [0.2, 0.25) is 0 Å². The second-order valence-corrected chi connectivity index (χ2v) is 19.5. The van der Waals surface area contributed by atoms with Gasteiger partial charge in [0, 0.05) is 5.41 Å². The third-order valence-electron chi connectivity index (χ3n) is 9.59. The van der Waals surface area contributed by atoms with Crippen LogP contribution in [0.25, 0.3) is 0 Å². The number of ether oxygens (including phenoxy) is 1. The number of hydrogen-bond acceptors (Lipinski definition) is 8. The Bertz CT molecular complexity index is 1700. The molecule has 8 nitrogen and oxygen atoms in total. The highest BCUT2D eigenvalue weighted by Crippen LogP contribution is 2.72. The first-order valence-electron chi connectivity index (χ1n) is 14.0. The normalized spacial score (nSPS) is 29.9. The third kappa shape index (κ3) is 4.45. The molecule has 3 aromatic rings. The van der Waals surface area contributed by atoms with Crippen LogP contribution in [0, 0.1) is 5.41 Å². The van der Waals surface area contributed by atoms with E-state index in [1.54, 1.807) is 18.2 Å². The van der Waals surface area contributed by atoms with Crippen LogP contribution < -0.4 is 0 Å². The first-order valence-corrected chi connectivity index (χ1v) is 18.4. The maximum absolute atomic E-state index is 14.7. The number of esters is 1. The highest BCUT2D eigenvalue weighted by Gasteiger charge is 2.78. The molecule has 44 heavy (non-hydrogen) atoms. The summed E-state index contributed by atoms with van der Waals surface area (Å²) in [6, 6.07) is 22.2. The van der Waals surface area contributed by atoms with Crippen LogP contribution in [0.3, 0.4) is 0 Å². The van der Waals surface area contributed by atoms with Gasteiger partial charge in [-0.2, -0.15) is 8.78 Å². The van der Waals surface area contributed by atoms with Crippen LogP contribution in [0.15, 0.2) is 106 Å². The molecule has 0 N–H and O–H groups in total. The van der Waals surface area contributed by atoms with Gasteiger partial charge in [0.05, 0.1) is 35.5 Å². The lowest BCUT2D eigenvalue weighted by Crippen LogP contribution is -2.75. The monoisotopic (exact) mass is 664 g/mol. The van der Waals surface area contributed by atoms with Crippen LogP contribution in [0.4, 0.5) is 8.78 Å². The molecule has 4 bridgehead atoms. The maximum atomic E-state index is 14.7. The summed E-state index contributed by atoms with van der Waals surface area (Å²) in [5, 5.41) is 0. The van der Waals surface area contributed by atoms with Crippen molar-refractivity contribution in [2.24, 2.45) is 5.41 Å². The molecule has 0 amide bonds. The van der Waals surface area contributed by atoms with Gasteiger partial charge in [-0.05, 0) is 74.9 Å². The molecule has 0 unspecified atom stereocenters. The van der Waals surface area contributed by atoms with E-state index in [0.717, 1.165) is 0 Å². The van der Waals surface area contributed by atoms with E-state index in [4.69, 9.17) is 4.74 Å². The van der Waals surface area contributed by atoms with Crippen LogP contribution in [0.5, 0.6) is 0 Å². The molecule has 234 valence electrons. The molecule has 4 fully saturated rings. The minimum atomic E-state index is -4.43. The first kappa shape index (κ1) is 30.8. The van der Waals surface area contributed by atoms with Gasteiger partial charge < -0.3 is 4.74 Å². The summed E-state index contributed by atoms with van der Waals surface area (Å²) >= 11 is 0. The van der Waals surface area contributed by atoms with Gasteiger partial charge in [-0.1, -0.05) is 54.6 Å². The number of carbonyl (C=O) groups excluding carboxylic acids is 1. The van der Waals surface area contributed by atoms with Crippen molar-refractivity contribution >= 4 is 35.5 Å². The number of sulfone groups is 3. The van der Waals surface area contributed by atoms with Crippen LogP contribution in [-0.2, 0) is 39.0 Å². The third-order valence-corrected chi connectivity index (χ3v) is 17.0. The lowest BCUT2D eigenvalue weighted by molar-refractivity contribution is -0.164. The molecule has 7 rings (SSSR count). The molecule has 0 aliphatic heterocycles. The van der Waals surface area contributed by atoms with Crippen molar-refractivity contribution in [2.45, 2.75) is 73.9 Å². The molecule has 0 spiro atoms. The molecular weight excluding hydrogens is 635 g/mol. The predicted octanol–water partition coefficient (Wildman–Crippen LogP) is 4.80. The Kier molecular flexibility index (Phi) is 7.14. The van der Waals surface area contributed by atoms with Crippen molar-refractivity contribution in [3.63, 3.8) is 0 Å². The zero-order valence-corrected chi connectivity index (χ0v) is 25.9. The van der Waals surface area contributed by atoms with Gasteiger partial charge in [0.25, 0.3) is 0 Å². The molecular formula is C31H30F2O8S3. The van der Waals surface area contributed by atoms with Crippen molar-refractivity contribution in [3.8, 4) is 0 Å². The zero-order valence-electron chi connectivity index (χ0n) is 23.4. The minimum Gasteiger partial charge on any atom is -0.461 e. The number of hydrogen-bond donors (Lipinski definition) is 0. The second-order valence-electron chi connectivity index (χ2n) is 12.5. The Morgan fingerprint density at radius 1 is 0.568 bits per heavy atom. The SMILES string of the molecule is O=C(OCC12CC3(S(=O)(=O)c4ccccc4)CC(S(=O)(=O)c4ccccc4)(C1)CC(S(=O)(=O)c1ccccc1)(C2)C3)C(F)F. The Labute approximate surface area is 255 Å². The molecule has 13 heteroatoms. The van der Waals surface area contributed by atoms with Gasteiger partial charge in [0.1, 0.15) is 0 Å². The lowest BCUT2D eigenvalue weighted by atomic mass is 9.48. The largest absolute Gasteiger partial charge is 0.461 e. The van der Waals surface area contributed by atoms with E-state index in [2.05, 4.69) is 0 Å². The Morgan fingerprint density at radius 3 is 1.14 bits per heavy atom. The minimum absolute atomic E-state index is 0.110. The Morgan fingerprint density at radius 2 is 0.864 bits per heavy atom. The van der Waals surface area contributed by atoms with Crippen molar-refractivity contribution in [1.82, 2.24) is 0 Å². The summed E-state index contributed by atoms with van der Waals surface area (Å²) in [7, 11) is -13.3. The van der Waals surface area contributed by atoms with Crippen molar-refractivity contribution in [2.75, 3.05) is 6.61 Å². The zero-order chi connectivity index (χ0) is 31.7. The van der Waals surface area contributed by atoms with Gasteiger partial charge in [0.15, 0.2) is 29.5 Å². The van der Waals surface area contributed by atoms with Crippen LogP contribution in [-0.4, -0.2) is 58.5 Å². The maximum Gasteiger partial charge on any atom is 0.373 e. The molecule has 3 aromatic carbocycles. The highest BCUT2D eigenvalue weighted by molar-refractivity contribution is 7.95. The Hall–Kier alpha value is -3.16. The van der Waals surface area contributed by atoms with E-state index in [-0.39, 0.29) is 33.9 Å². The topological polar surface area (TPSA) is 129 Å². The van der Waals surface area contributed by atoms with Crippen molar-refractivity contribution < 1.29 is 43.6 Å². The summed E-state index contributed by atoms with van der Waals surface area (Å²) in [4.78, 5) is 11.7. The molecule has 4 saturated carbocycles. The van der Waals surface area contributed by atoms with E-state index in [0.29, 0.717) is 0 Å². The fraction of sp³-hybridized carbons (Fsp3) is 0.387. The van der Waals surface area contributed by atoms with E-state index in [1.165, 1.54) is 72.8 Å². The number of alkyl halides is 2. The van der Waals surface area contributed by atoms with Crippen molar-refractivity contribution in [3.05, 3.63) is 91.0 Å². The smallest absolute Gasteiger partial charge is 0.373 e. The van der Waals surface area contributed by atoms with Crippen LogP contribution in [0.1, 0.15) is 38.5 Å². The average Bonchev–Trinajstić information content (AvgIpc) is 3.00. The van der Waals surface area contributed by atoms with E-state index in [1.807, 2.05) is 0 Å². The molecule has 0 heterocycles. The number of carbonyl (C=O) groups is 1. The predicted molar refractivity (Wildman–Crippen MR) is 156 cm³/mol. The van der Waals surface area contributed by atoms with Gasteiger partial charge in [-0.3, -0.25) is 0 Å². The van der Waals surface area contributed by atoms with E-state index >= 15 is 0 Å². The summed E-state index contributed by atoms with van der Waals surface area (Å²) in [6.45, 7) is -0.750. The second kappa shape index (κ2) is 10.2. The fourth-order valence-corrected chi connectivity index (χ4v) is 16.0. The molecule has 4 aliphatic rings. The first-order chi connectivity index (χ1) is 20.6. The fourth-order valence-electron chi connectivity index (χ4n) is 8.41. The lowest BCUT2D eigenvalue weighted by Gasteiger charge is -2.68. The summed E-state index contributed by atoms with van der Waals surface area (Å²) in [5.74, 6) is -1.85. The molecule has 4 aliphatic carbocycles. The average molecular weight is 665 g/mol. The highest BCUT2D eigenvalue weighted by atomic mass is 32.2. The standard InChI is InChI=1S/C31H30F2O8S3/c32-26(33)27(34)41-22-28-16-29(42(35,36)23-10-4-1-5-11-23)19-30(17-28,43(37,38)24-12-6-2-7-13-24)21-31(18-28,20-29)44(39,40)25-14-8-3-9-15-25/h1-15,26H,16-22H2. The molecule has 0 saturated heterocycles.